The first-order valence-electron chi connectivity index (χ1n) is 6.35. The number of imide groups is 1. The van der Waals surface area contributed by atoms with Crippen molar-refractivity contribution in [2.24, 2.45) is 5.92 Å². The number of nitrogens with one attached hydrogen (secondary N) is 1. The molecule has 1 heterocycles. The van der Waals surface area contributed by atoms with Crippen molar-refractivity contribution < 1.29 is 19.5 Å². The lowest BCUT2D eigenvalue weighted by Crippen LogP contribution is -2.51. The summed E-state index contributed by atoms with van der Waals surface area (Å²) in [5.41, 5.74) is 1.56. The van der Waals surface area contributed by atoms with Crippen molar-refractivity contribution in [3.63, 3.8) is 0 Å². The molecule has 2 N–H and O–H groups in total. The lowest BCUT2D eigenvalue weighted by molar-refractivity contribution is -0.141. The van der Waals surface area contributed by atoms with Crippen LogP contribution in [0.1, 0.15) is 12.5 Å². The quantitative estimate of drug-likeness (QED) is 0.778. The van der Waals surface area contributed by atoms with Gasteiger partial charge in [-0.05, 0) is 18.1 Å². The lowest BCUT2D eigenvalue weighted by atomic mass is 9.99. The number of piperazine rings is 1. The summed E-state index contributed by atoms with van der Waals surface area (Å²) in [5.74, 6) is -2.08. The molecular weight excluding hydrogens is 260 g/mol. The minimum absolute atomic E-state index is 0.101. The number of para-hydroxylation sites is 1. The van der Waals surface area contributed by atoms with Gasteiger partial charge in [0, 0.05) is 5.69 Å². The number of carbonyl (C=O) groups is 3. The van der Waals surface area contributed by atoms with Crippen LogP contribution in [0, 0.1) is 5.92 Å². The van der Waals surface area contributed by atoms with Gasteiger partial charge in [0.2, 0.25) is 11.8 Å². The Morgan fingerprint density at radius 3 is 2.50 bits per heavy atom. The van der Waals surface area contributed by atoms with Crippen molar-refractivity contribution in [3.05, 3.63) is 29.8 Å². The first kappa shape index (κ1) is 14.0. The second kappa shape index (κ2) is 5.73. The number of anilines is 1. The van der Waals surface area contributed by atoms with Crippen molar-refractivity contribution in [2.75, 3.05) is 18.0 Å². The van der Waals surface area contributed by atoms with Crippen molar-refractivity contribution in [3.8, 4) is 0 Å². The van der Waals surface area contributed by atoms with Gasteiger partial charge in [0.25, 0.3) is 0 Å². The molecule has 1 aromatic carbocycles. The Hall–Kier alpha value is -2.37. The first-order chi connectivity index (χ1) is 9.47. The summed E-state index contributed by atoms with van der Waals surface area (Å²) < 4.78 is 0. The average Bonchev–Trinajstić information content (AvgIpc) is 2.38. The summed E-state index contributed by atoms with van der Waals surface area (Å²) in [6.07, 6.45) is 0.359. The van der Waals surface area contributed by atoms with Gasteiger partial charge in [-0.3, -0.25) is 19.7 Å². The second-order valence-electron chi connectivity index (χ2n) is 4.90. The molecule has 6 heteroatoms. The summed E-state index contributed by atoms with van der Waals surface area (Å²) >= 11 is 0. The van der Waals surface area contributed by atoms with Crippen molar-refractivity contribution in [1.82, 2.24) is 5.32 Å². The summed E-state index contributed by atoms with van der Waals surface area (Å²) in [4.78, 5) is 35.5. The predicted molar refractivity (Wildman–Crippen MR) is 72.3 cm³/mol. The molecule has 106 valence electrons. The van der Waals surface area contributed by atoms with Crippen molar-refractivity contribution in [1.29, 1.82) is 0 Å². The molecule has 0 aromatic heterocycles. The molecule has 20 heavy (non-hydrogen) atoms. The Balaban J connectivity index is 2.25. The molecule has 2 amide bonds. The molecule has 1 aromatic rings. The zero-order chi connectivity index (χ0) is 14.7. The van der Waals surface area contributed by atoms with E-state index in [1.807, 2.05) is 12.1 Å². The third-order valence-corrected chi connectivity index (χ3v) is 3.23. The number of hydrogen-bond acceptors (Lipinski definition) is 4. The maximum Gasteiger partial charge on any atom is 0.306 e. The Bertz CT molecular complexity index is 540. The number of hydrogen-bond donors (Lipinski definition) is 2. The molecule has 0 bridgehead atoms. The normalized spacial score (nSPS) is 16.8. The third kappa shape index (κ3) is 3.14. The number of amides is 2. The zero-order valence-electron chi connectivity index (χ0n) is 11.1. The van der Waals surface area contributed by atoms with Gasteiger partial charge in [0.15, 0.2) is 0 Å². The van der Waals surface area contributed by atoms with Gasteiger partial charge < -0.3 is 10.0 Å². The zero-order valence-corrected chi connectivity index (χ0v) is 11.1. The maximum atomic E-state index is 11.4. The summed E-state index contributed by atoms with van der Waals surface area (Å²) in [6, 6.07) is 7.25. The number of carbonyl (C=O) groups excluding carboxylic acids is 2. The van der Waals surface area contributed by atoms with E-state index >= 15 is 0 Å². The number of carboxylic acids is 1. The smallest absolute Gasteiger partial charge is 0.306 e. The molecule has 1 saturated heterocycles. The van der Waals surface area contributed by atoms with Crippen LogP contribution < -0.4 is 10.2 Å². The van der Waals surface area contributed by atoms with Crippen LogP contribution >= 0.6 is 0 Å². The van der Waals surface area contributed by atoms with Gasteiger partial charge in [0.1, 0.15) is 0 Å². The van der Waals surface area contributed by atoms with E-state index in [9.17, 15) is 14.4 Å². The van der Waals surface area contributed by atoms with E-state index in [-0.39, 0.29) is 24.9 Å². The fourth-order valence-corrected chi connectivity index (χ4v) is 2.22. The van der Waals surface area contributed by atoms with E-state index in [0.29, 0.717) is 6.42 Å². The van der Waals surface area contributed by atoms with Crippen LogP contribution in [0.15, 0.2) is 24.3 Å². The summed E-state index contributed by atoms with van der Waals surface area (Å²) in [6.45, 7) is 1.83. The van der Waals surface area contributed by atoms with E-state index in [0.717, 1.165) is 11.3 Å². The molecule has 1 aliphatic heterocycles. The van der Waals surface area contributed by atoms with Gasteiger partial charge in [-0.1, -0.05) is 25.1 Å². The first-order valence-corrected chi connectivity index (χ1v) is 6.35. The van der Waals surface area contributed by atoms with E-state index in [1.54, 1.807) is 24.0 Å². The standard InChI is InChI=1S/C14H16N2O4/c1-9(14(19)20)6-10-4-2-3-5-11(10)16-7-12(17)15-13(18)8-16/h2-5,9H,6-8H2,1H3,(H,19,20)(H,15,17,18). The fourth-order valence-electron chi connectivity index (χ4n) is 2.22. The SMILES string of the molecule is CC(Cc1ccccc1N1CC(=O)NC(=O)C1)C(=O)O. The van der Waals surface area contributed by atoms with E-state index in [1.165, 1.54) is 0 Å². The largest absolute Gasteiger partial charge is 0.481 e. The number of rotatable bonds is 4. The number of nitrogens with zero attached hydrogens (tertiary/aromatic N) is 1. The second-order valence-corrected chi connectivity index (χ2v) is 4.90. The van der Waals surface area contributed by atoms with Crippen LogP contribution in [0.25, 0.3) is 0 Å². The van der Waals surface area contributed by atoms with Crippen LogP contribution in [-0.4, -0.2) is 36.0 Å². The van der Waals surface area contributed by atoms with Crippen LogP contribution in [0.3, 0.4) is 0 Å². The Kier molecular flexibility index (Phi) is 4.02. The monoisotopic (exact) mass is 276 g/mol. The van der Waals surface area contributed by atoms with Crippen LogP contribution in [0.5, 0.6) is 0 Å². The molecule has 1 unspecified atom stereocenters. The van der Waals surface area contributed by atoms with Crippen LogP contribution in [0.4, 0.5) is 5.69 Å². The topological polar surface area (TPSA) is 86.7 Å². The highest BCUT2D eigenvalue weighted by Gasteiger charge is 2.25. The Morgan fingerprint density at radius 1 is 1.30 bits per heavy atom. The van der Waals surface area contributed by atoms with E-state index in [4.69, 9.17) is 5.11 Å². The minimum Gasteiger partial charge on any atom is -0.481 e. The highest BCUT2D eigenvalue weighted by molar-refractivity contribution is 6.02. The fraction of sp³-hybridized carbons (Fsp3) is 0.357. The molecule has 6 nitrogen and oxygen atoms in total. The highest BCUT2D eigenvalue weighted by Crippen LogP contribution is 2.24. The minimum atomic E-state index is -0.868. The molecule has 0 radical (unpaired) electrons. The molecule has 1 atom stereocenters. The highest BCUT2D eigenvalue weighted by atomic mass is 16.4. The molecule has 0 spiro atoms. The summed E-state index contributed by atoms with van der Waals surface area (Å²) in [5, 5.41) is 11.2. The third-order valence-electron chi connectivity index (χ3n) is 3.23. The van der Waals surface area contributed by atoms with Crippen molar-refractivity contribution >= 4 is 23.5 Å². The van der Waals surface area contributed by atoms with E-state index in [2.05, 4.69) is 5.32 Å². The van der Waals surface area contributed by atoms with Gasteiger partial charge in [-0.15, -0.1) is 0 Å². The van der Waals surface area contributed by atoms with Gasteiger partial charge in [0.05, 0.1) is 19.0 Å². The van der Waals surface area contributed by atoms with Crippen LogP contribution in [-0.2, 0) is 20.8 Å². The Labute approximate surface area is 116 Å². The summed E-state index contributed by atoms with van der Waals surface area (Å²) in [7, 11) is 0. The van der Waals surface area contributed by atoms with Gasteiger partial charge >= 0.3 is 5.97 Å². The number of aliphatic carboxylic acids is 1. The molecule has 1 aliphatic rings. The van der Waals surface area contributed by atoms with Crippen LogP contribution in [0.2, 0.25) is 0 Å². The number of carboxylic acid groups (broad SMARTS) is 1. The van der Waals surface area contributed by atoms with E-state index < -0.39 is 11.9 Å². The molecular formula is C14H16N2O4. The molecule has 1 fully saturated rings. The average molecular weight is 276 g/mol. The Morgan fingerprint density at radius 2 is 1.90 bits per heavy atom. The predicted octanol–water partition coefficient (Wildman–Crippen LogP) is 0.413. The molecule has 0 aliphatic carbocycles. The van der Waals surface area contributed by atoms with Crippen molar-refractivity contribution in [2.45, 2.75) is 13.3 Å². The molecule has 2 rings (SSSR count). The lowest BCUT2D eigenvalue weighted by Gasteiger charge is -2.29. The number of benzene rings is 1. The maximum absolute atomic E-state index is 11.4. The van der Waals surface area contributed by atoms with Gasteiger partial charge in [-0.25, -0.2) is 0 Å². The van der Waals surface area contributed by atoms with Gasteiger partial charge in [-0.2, -0.15) is 0 Å². The molecule has 0 saturated carbocycles.